The predicted molar refractivity (Wildman–Crippen MR) is 73.9 cm³/mol. The highest BCUT2D eigenvalue weighted by Gasteiger charge is 2.13. The lowest BCUT2D eigenvalue weighted by atomic mass is 10.3. The van der Waals surface area contributed by atoms with Crippen LogP contribution in [-0.2, 0) is 7.05 Å². The van der Waals surface area contributed by atoms with Crippen LogP contribution in [0.1, 0.15) is 13.3 Å². The van der Waals surface area contributed by atoms with Gasteiger partial charge in [0.05, 0.1) is 11.0 Å². The molecular formula is C13H18ClN3. The van der Waals surface area contributed by atoms with E-state index in [1.54, 1.807) is 0 Å². The molecule has 3 nitrogen and oxygen atoms in total. The molecule has 17 heavy (non-hydrogen) atoms. The number of alkyl halides is 1. The second-order valence-electron chi connectivity index (χ2n) is 4.14. The minimum absolute atomic E-state index is 0.628. The maximum atomic E-state index is 5.85. The Morgan fingerprint density at radius 2 is 2.06 bits per heavy atom. The van der Waals surface area contributed by atoms with Crippen LogP contribution in [0.25, 0.3) is 11.0 Å². The zero-order valence-electron chi connectivity index (χ0n) is 10.4. The zero-order chi connectivity index (χ0) is 12.3. The number of aromatic nitrogens is 2. The number of hydrogen-bond acceptors (Lipinski definition) is 2. The molecule has 0 saturated carbocycles. The molecule has 0 amide bonds. The fourth-order valence-electron chi connectivity index (χ4n) is 2.10. The van der Waals surface area contributed by atoms with Gasteiger partial charge >= 0.3 is 0 Å². The molecule has 0 fully saturated rings. The van der Waals surface area contributed by atoms with Crippen molar-refractivity contribution in [2.24, 2.45) is 7.05 Å². The summed E-state index contributed by atoms with van der Waals surface area (Å²) in [7, 11) is 2.06. The summed E-state index contributed by atoms with van der Waals surface area (Å²) in [5.41, 5.74) is 2.21. The summed E-state index contributed by atoms with van der Waals surface area (Å²) in [5.74, 6) is 1.64. The molecular weight excluding hydrogens is 234 g/mol. The van der Waals surface area contributed by atoms with Crippen LogP contribution in [0.3, 0.4) is 0 Å². The number of rotatable bonds is 5. The van der Waals surface area contributed by atoms with Gasteiger partial charge in [-0.15, -0.1) is 11.6 Å². The van der Waals surface area contributed by atoms with Crippen LogP contribution < -0.4 is 4.90 Å². The van der Waals surface area contributed by atoms with Crippen LogP contribution in [0.5, 0.6) is 0 Å². The van der Waals surface area contributed by atoms with Gasteiger partial charge in [0.1, 0.15) is 0 Å². The van der Waals surface area contributed by atoms with Crippen LogP contribution in [0.15, 0.2) is 24.3 Å². The molecule has 0 bridgehead atoms. The minimum Gasteiger partial charge on any atom is -0.341 e. The summed E-state index contributed by atoms with van der Waals surface area (Å²) in [5, 5.41) is 0. The third-order valence-corrected chi connectivity index (χ3v) is 3.06. The van der Waals surface area contributed by atoms with Crippen molar-refractivity contribution in [3.05, 3.63) is 24.3 Å². The quantitative estimate of drug-likeness (QED) is 0.762. The number of para-hydroxylation sites is 2. The van der Waals surface area contributed by atoms with Crippen LogP contribution in [-0.4, -0.2) is 28.5 Å². The summed E-state index contributed by atoms with van der Waals surface area (Å²) in [6, 6.07) is 8.20. The maximum absolute atomic E-state index is 5.85. The van der Waals surface area contributed by atoms with Crippen molar-refractivity contribution < 1.29 is 0 Å². The number of fused-ring (bicyclic) bond motifs is 1. The summed E-state index contributed by atoms with van der Waals surface area (Å²) >= 11 is 5.85. The molecule has 0 radical (unpaired) electrons. The third-order valence-electron chi connectivity index (χ3n) is 2.89. The highest BCUT2D eigenvalue weighted by molar-refractivity contribution is 6.18. The second kappa shape index (κ2) is 5.41. The fraction of sp³-hybridized carbons (Fsp3) is 0.462. The van der Waals surface area contributed by atoms with Crippen molar-refractivity contribution in [2.75, 3.05) is 23.9 Å². The largest absolute Gasteiger partial charge is 0.341 e. The van der Waals surface area contributed by atoms with E-state index < -0.39 is 0 Å². The maximum Gasteiger partial charge on any atom is 0.206 e. The van der Waals surface area contributed by atoms with E-state index in [-0.39, 0.29) is 0 Å². The Labute approximate surface area is 107 Å². The van der Waals surface area contributed by atoms with E-state index in [1.165, 1.54) is 0 Å². The highest BCUT2D eigenvalue weighted by atomic mass is 35.5. The van der Waals surface area contributed by atoms with E-state index in [4.69, 9.17) is 11.6 Å². The lowest BCUT2D eigenvalue weighted by Crippen LogP contribution is -2.28. The van der Waals surface area contributed by atoms with E-state index in [0.717, 1.165) is 36.5 Å². The number of anilines is 1. The first-order chi connectivity index (χ1) is 8.27. The van der Waals surface area contributed by atoms with Crippen LogP contribution in [0.2, 0.25) is 0 Å². The average molecular weight is 252 g/mol. The first kappa shape index (κ1) is 12.2. The van der Waals surface area contributed by atoms with Gasteiger partial charge in [0.15, 0.2) is 0 Å². The summed E-state index contributed by atoms with van der Waals surface area (Å²) in [6.45, 7) is 4.00. The number of aryl methyl sites for hydroxylation is 1. The molecule has 0 aliphatic rings. The lowest BCUT2D eigenvalue weighted by molar-refractivity contribution is 0.742. The van der Waals surface area contributed by atoms with Crippen molar-refractivity contribution in [1.29, 1.82) is 0 Å². The Hall–Kier alpha value is -1.22. The van der Waals surface area contributed by atoms with Crippen LogP contribution >= 0.6 is 11.6 Å². The SMILES string of the molecule is CCCN(CCCl)c1nc2ccccc2n1C. The van der Waals surface area contributed by atoms with Crippen LogP contribution in [0, 0.1) is 0 Å². The lowest BCUT2D eigenvalue weighted by Gasteiger charge is -2.21. The van der Waals surface area contributed by atoms with Gasteiger partial charge in [-0.25, -0.2) is 4.98 Å². The summed E-state index contributed by atoms with van der Waals surface area (Å²) in [6.07, 6.45) is 1.10. The molecule has 0 spiro atoms. The van der Waals surface area contributed by atoms with E-state index >= 15 is 0 Å². The van der Waals surface area contributed by atoms with Crippen molar-refractivity contribution in [3.63, 3.8) is 0 Å². The van der Waals surface area contributed by atoms with Gasteiger partial charge in [-0.2, -0.15) is 0 Å². The average Bonchev–Trinajstić information content (AvgIpc) is 2.67. The molecule has 1 heterocycles. The van der Waals surface area contributed by atoms with E-state index in [2.05, 4.69) is 34.5 Å². The van der Waals surface area contributed by atoms with Gasteiger partial charge in [0, 0.05) is 26.0 Å². The summed E-state index contributed by atoms with van der Waals surface area (Å²) in [4.78, 5) is 6.92. The molecule has 0 unspecified atom stereocenters. The number of nitrogens with zero attached hydrogens (tertiary/aromatic N) is 3. The molecule has 1 aromatic carbocycles. The standard InChI is InChI=1S/C13H18ClN3/c1-3-9-17(10-8-14)13-15-11-6-4-5-7-12(11)16(13)2/h4-7H,3,8-10H2,1-2H3. The van der Waals surface area contributed by atoms with Gasteiger partial charge in [0.25, 0.3) is 0 Å². The molecule has 92 valence electrons. The molecule has 0 aliphatic carbocycles. The first-order valence-corrected chi connectivity index (χ1v) is 6.53. The van der Waals surface area contributed by atoms with Crippen LogP contribution in [0.4, 0.5) is 5.95 Å². The zero-order valence-corrected chi connectivity index (χ0v) is 11.1. The molecule has 2 aromatic rings. The number of hydrogen-bond donors (Lipinski definition) is 0. The smallest absolute Gasteiger partial charge is 0.206 e. The normalized spacial score (nSPS) is 11.0. The van der Waals surface area contributed by atoms with E-state index in [1.807, 2.05) is 18.2 Å². The number of halogens is 1. The molecule has 0 aliphatic heterocycles. The number of imidazole rings is 1. The third kappa shape index (κ3) is 2.39. The number of benzene rings is 1. The minimum atomic E-state index is 0.628. The molecule has 0 atom stereocenters. The topological polar surface area (TPSA) is 21.1 Å². The van der Waals surface area contributed by atoms with E-state index in [9.17, 15) is 0 Å². The molecule has 0 saturated heterocycles. The molecule has 0 N–H and O–H groups in total. The van der Waals surface area contributed by atoms with Crippen molar-refractivity contribution >= 4 is 28.6 Å². The van der Waals surface area contributed by atoms with Crippen molar-refractivity contribution in [2.45, 2.75) is 13.3 Å². The summed E-state index contributed by atoms with van der Waals surface area (Å²) < 4.78 is 2.14. The van der Waals surface area contributed by atoms with Gasteiger partial charge in [-0.05, 0) is 18.6 Å². The monoisotopic (exact) mass is 251 g/mol. The Balaban J connectivity index is 2.42. The Morgan fingerprint density at radius 3 is 2.71 bits per heavy atom. The predicted octanol–water partition coefficient (Wildman–Crippen LogP) is 3.03. The molecule has 1 aromatic heterocycles. The highest BCUT2D eigenvalue weighted by Crippen LogP contribution is 2.21. The van der Waals surface area contributed by atoms with Gasteiger partial charge < -0.3 is 9.47 Å². The van der Waals surface area contributed by atoms with Gasteiger partial charge in [-0.1, -0.05) is 19.1 Å². The first-order valence-electron chi connectivity index (χ1n) is 6.00. The Bertz CT molecular complexity index is 486. The van der Waals surface area contributed by atoms with Gasteiger partial charge in [-0.3, -0.25) is 0 Å². The van der Waals surface area contributed by atoms with Gasteiger partial charge in [0.2, 0.25) is 5.95 Å². The Kier molecular flexibility index (Phi) is 3.89. The van der Waals surface area contributed by atoms with Crippen molar-refractivity contribution in [3.8, 4) is 0 Å². The molecule has 2 rings (SSSR count). The molecule has 4 heteroatoms. The fourth-order valence-corrected chi connectivity index (χ4v) is 2.30. The van der Waals surface area contributed by atoms with Crippen molar-refractivity contribution in [1.82, 2.24) is 9.55 Å². The van der Waals surface area contributed by atoms with E-state index in [0.29, 0.717) is 5.88 Å². The Morgan fingerprint density at radius 1 is 1.29 bits per heavy atom. The second-order valence-corrected chi connectivity index (χ2v) is 4.51.